The van der Waals surface area contributed by atoms with Crippen LogP contribution in [0.4, 0.5) is 0 Å². The van der Waals surface area contributed by atoms with Gasteiger partial charge in [-0.25, -0.2) is 0 Å². The predicted octanol–water partition coefficient (Wildman–Crippen LogP) is 5.04. The number of rotatable bonds is 2. The van der Waals surface area contributed by atoms with E-state index in [2.05, 4.69) is 15.9 Å². The molecule has 0 aliphatic rings. The van der Waals surface area contributed by atoms with Crippen LogP contribution in [-0.2, 0) is 0 Å². The summed E-state index contributed by atoms with van der Waals surface area (Å²) in [6.45, 7) is 3.96. The van der Waals surface area contributed by atoms with E-state index < -0.39 is 0 Å². The standard InChI is InChI=1S/C17H13BrO2/c1-10-7-13(8-11(2)16(10)18)17(19)15-9-12-5-3-4-6-14(12)20-15/h3-9H,1-2H3. The fraction of sp³-hybridized carbons (Fsp3) is 0.118. The molecule has 0 radical (unpaired) electrons. The predicted molar refractivity (Wildman–Crippen MR) is 83.3 cm³/mol. The third-order valence-corrected chi connectivity index (χ3v) is 4.60. The first-order valence-electron chi connectivity index (χ1n) is 6.36. The molecule has 3 rings (SSSR count). The molecule has 0 saturated carbocycles. The lowest BCUT2D eigenvalue weighted by molar-refractivity contribution is 0.101. The molecule has 0 atom stereocenters. The van der Waals surface area contributed by atoms with Crippen LogP contribution in [0, 0.1) is 13.8 Å². The maximum Gasteiger partial charge on any atom is 0.228 e. The molecule has 0 unspecified atom stereocenters. The van der Waals surface area contributed by atoms with Crippen molar-refractivity contribution in [3.63, 3.8) is 0 Å². The van der Waals surface area contributed by atoms with Crippen LogP contribution in [0.3, 0.4) is 0 Å². The van der Waals surface area contributed by atoms with E-state index in [-0.39, 0.29) is 5.78 Å². The lowest BCUT2D eigenvalue weighted by atomic mass is 10.0. The zero-order chi connectivity index (χ0) is 14.3. The molecule has 1 aromatic heterocycles. The molecule has 0 amide bonds. The first kappa shape index (κ1) is 13.1. The summed E-state index contributed by atoms with van der Waals surface area (Å²) in [4.78, 5) is 12.5. The zero-order valence-electron chi connectivity index (χ0n) is 11.2. The summed E-state index contributed by atoms with van der Waals surface area (Å²) in [5.74, 6) is 0.298. The van der Waals surface area contributed by atoms with Gasteiger partial charge in [0.05, 0.1) is 0 Å². The maximum absolute atomic E-state index is 12.5. The number of furan rings is 1. The molecule has 20 heavy (non-hydrogen) atoms. The molecule has 0 bridgehead atoms. The summed E-state index contributed by atoms with van der Waals surface area (Å²) in [6.07, 6.45) is 0. The minimum absolute atomic E-state index is 0.0834. The number of para-hydroxylation sites is 1. The van der Waals surface area contributed by atoms with Crippen LogP contribution in [0.2, 0.25) is 0 Å². The Balaban J connectivity index is 2.08. The highest BCUT2D eigenvalue weighted by molar-refractivity contribution is 9.10. The van der Waals surface area contributed by atoms with Gasteiger partial charge in [0, 0.05) is 15.4 Å². The van der Waals surface area contributed by atoms with Gasteiger partial charge in [0.25, 0.3) is 0 Å². The second-order valence-corrected chi connectivity index (χ2v) is 5.69. The van der Waals surface area contributed by atoms with Gasteiger partial charge in [-0.05, 0) is 49.2 Å². The van der Waals surface area contributed by atoms with Gasteiger partial charge in [0.15, 0.2) is 5.76 Å². The van der Waals surface area contributed by atoms with Gasteiger partial charge in [-0.2, -0.15) is 0 Å². The molecule has 0 N–H and O–H groups in total. The number of fused-ring (bicyclic) bond motifs is 1. The smallest absolute Gasteiger partial charge is 0.228 e. The van der Waals surface area contributed by atoms with E-state index in [1.54, 1.807) is 6.07 Å². The van der Waals surface area contributed by atoms with E-state index >= 15 is 0 Å². The van der Waals surface area contributed by atoms with Crippen molar-refractivity contribution in [2.75, 3.05) is 0 Å². The van der Waals surface area contributed by atoms with Crippen molar-refractivity contribution < 1.29 is 9.21 Å². The third-order valence-electron chi connectivity index (χ3n) is 3.35. The van der Waals surface area contributed by atoms with Crippen molar-refractivity contribution in [1.82, 2.24) is 0 Å². The largest absolute Gasteiger partial charge is 0.453 e. The van der Waals surface area contributed by atoms with E-state index in [4.69, 9.17) is 4.42 Å². The molecule has 100 valence electrons. The molecule has 3 aromatic rings. The molecule has 0 fully saturated rings. The summed E-state index contributed by atoms with van der Waals surface area (Å²) in [7, 11) is 0. The normalized spacial score (nSPS) is 10.9. The summed E-state index contributed by atoms with van der Waals surface area (Å²) in [6, 6.07) is 13.2. The number of benzene rings is 2. The van der Waals surface area contributed by atoms with E-state index in [1.807, 2.05) is 50.2 Å². The Morgan fingerprint density at radius 2 is 1.70 bits per heavy atom. The molecule has 2 nitrogen and oxygen atoms in total. The van der Waals surface area contributed by atoms with Gasteiger partial charge in [-0.15, -0.1) is 0 Å². The quantitative estimate of drug-likeness (QED) is 0.616. The minimum Gasteiger partial charge on any atom is -0.453 e. The highest BCUT2D eigenvalue weighted by Gasteiger charge is 2.16. The summed E-state index contributed by atoms with van der Waals surface area (Å²) < 4.78 is 6.67. The number of hydrogen-bond donors (Lipinski definition) is 0. The van der Waals surface area contributed by atoms with Gasteiger partial charge in [0.2, 0.25) is 5.78 Å². The molecular formula is C17H13BrO2. The van der Waals surface area contributed by atoms with Gasteiger partial charge >= 0.3 is 0 Å². The number of carbonyl (C=O) groups is 1. The Morgan fingerprint density at radius 3 is 2.35 bits per heavy atom. The second kappa shape index (κ2) is 4.91. The SMILES string of the molecule is Cc1cc(C(=O)c2cc3ccccc3o2)cc(C)c1Br. The number of aryl methyl sites for hydroxylation is 2. The summed E-state index contributed by atoms with van der Waals surface area (Å²) in [5.41, 5.74) is 3.48. The average molecular weight is 329 g/mol. The Morgan fingerprint density at radius 1 is 1.05 bits per heavy atom. The molecule has 2 aromatic carbocycles. The Labute approximate surface area is 125 Å². The molecular weight excluding hydrogens is 316 g/mol. The third kappa shape index (κ3) is 2.18. The van der Waals surface area contributed by atoms with Crippen molar-refractivity contribution in [2.24, 2.45) is 0 Å². The fourth-order valence-corrected chi connectivity index (χ4v) is 2.54. The van der Waals surface area contributed by atoms with Crippen molar-refractivity contribution >= 4 is 32.7 Å². The van der Waals surface area contributed by atoms with Crippen molar-refractivity contribution in [3.05, 3.63) is 69.4 Å². The van der Waals surface area contributed by atoms with Gasteiger partial charge in [-0.1, -0.05) is 34.1 Å². The van der Waals surface area contributed by atoms with E-state index in [9.17, 15) is 4.79 Å². The lowest BCUT2D eigenvalue weighted by Gasteiger charge is -2.05. The van der Waals surface area contributed by atoms with Crippen LogP contribution in [0.1, 0.15) is 27.2 Å². The Hall–Kier alpha value is -1.87. The average Bonchev–Trinajstić information content (AvgIpc) is 2.87. The number of hydrogen-bond acceptors (Lipinski definition) is 2. The van der Waals surface area contributed by atoms with Crippen LogP contribution >= 0.6 is 15.9 Å². The Kier molecular flexibility index (Phi) is 3.22. The molecule has 3 heteroatoms. The van der Waals surface area contributed by atoms with E-state index in [1.165, 1.54) is 0 Å². The van der Waals surface area contributed by atoms with Crippen LogP contribution < -0.4 is 0 Å². The van der Waals surface area contributed by atoms with Crippen molar-refractivity contribution in [1.29, 1.82) is 0 Å². The first-order chi connectivity index (χ1) is 9.56. The fourth-order valence-electron chi connectivity index (χ4n) is 2.31. The van der Waals surface area contributed by atoms with Gasteiger partial charge < -0.3 is 4.42 Å². The number of carbonyl (C=O) groups excluding carboxylic acids is 1. The molecule has 0 aliphatic heterocycles. The number of halogens is 1. The second-order valence-electron chi connectivity index (χ2n) is 4.90. The summed E-state index contributed by atoms with van der Waals surface area (Å²) >= 11 is 3.51. The van der Waals surface area contributed by atoms with Crippen LogP contribution in [-0.4, -0.2) is 5.78 Å². The van der Waals surface area contributed by atoms with Crippen LogP contribution in [0.15, 0.2) is 51.4 Å². The zero-order valence-corrected chi connectivity index (χ0v) is 12.8. The topological polar surface area (TPSA) is 30.2 Å². The van der Waals surface area contributed by atoms with E-state index in [0.29, 0.717) is 11.3 Å². The highest BCUT2D eigenvalue weighted by atomic mass is 79.9. The molecule has 0 aliphatic carbocycles. The highest BCUT2D eigenvalue weighted by Crippen LogP contribution is 2.26. The molecule has 0 saturated heterocycles. The van der Waals surface area contributed by atoms with Crippen molar-refractivity contribution in [2.45, 2.75) is 13.8 Å². The lowest BCUT2D eigenvalue weighted by Crippen LogP contribution is -2.01. The minimum atomic E-state index is -0.0834. The van der Waals surface area contributed by atoms with Crippen LogP contribution in [0.5, 0.6) is 0 Å². The monoisotopic (exact) mass is 328 g/mol. The summed E-state index contributed by atoms with van der Waals surface area (Å²) in [5, 5.41) is 0.946. The van der Waals surface area contributed by atoms with Crippen molar-refractivity contribution in [3.8, 4) is 0 Å². The van der Waals surface area contributed by atoms with Crippen LogP contribution in [0.25, 0.3) is 11.0 Å². The first-order valence-corrected chi connectivity index (χ1v) is 7.15. The van der Waals surface area contributed by atoms with E-state index in [0.717, 1.165) is 26.6 Å². The Bertz CT molecular complexity index is 759. The van der Waals surface area contributed by atoms with Gasteiger partial charge in [-0.3, -0.25) is 4.79 Å². The molecule has 1 heterocycles. The van der Waals surface area contributed by atoms with Gasteiger partial charge in [0.1, 0.15) is 5.58 Å². The molecule has 0 spiro atoms. The maximum atomic E-state index is 12.5. The number of ketones is 1.